The quantitative estimate of drug-likeness (QED) is 0.819. The zero-order valence-electron chi connectivity index (χ0n) is 11.1. The molecule has 0 aromatic heterocycles. The van der Waals surface area contributed by atoms with Crippen LogP contribution in [-0.4, -0.2) is 6.04 Å². The molecule has 0 bridgehead atoms. The third-order valence-corrected chi connectivity index (χ3v) is 4.09. The number of hydrogen-bond acceptors (Lipinski definition) is 1. The SMILES string of the molecule is Cl.Fc1cccc(Cl)c1CNC1CCCCCCC1. The van der Waals surface area contributed by atoms with Crippen LogP contribution in [0.5, 0.6) is 0 Å². The number of nitrogens with one attached hydrogen (secondary N) is 1. The van der Waals surface area contributed by atoms with Crippen LogP contribution in [0.1, 0.15) is 50.5 Å². The molecule has 0 radical (unpaired) electrons. The van der Waals surface area contributed by atoms with Gasteiger partial charge < -0.3 is 5.32 Å². The van der Waals surface area contributed by atoms with E-state index >= 15 is 0 Å². The summed E-state index contributed by atoms with van der Waals surface area (Å²) in [4.78, 5) is 0. The summed E-state index contributed by atoms with van der Waals surface area (Å²) in [6.07, 6.45) is 8.99. The molecule has 1 aromatic rings. The van der Waals surface area contributed by atoms with Gasteiger partial charge >= 0.3 is 0 Å². The highest BCUT2D eigenvalue weighted by Crippen LogP contribution is 2.21. The zero-order chi connectivity index (χ0) is 12.8. The second kappa shape index (κ2) is 8.78. The molecule has 0 saturated heterocycles. The average molecular weight is 306 g/mol. The predicted octanol–water partition coefficient (Wildman–Crippen LogP) is 5.10. The molecular weight excluding hydrogens is 284 g/mol. The second-order valence-electron chi connectivity index (χ2n) is 5.12. The van der Waals surface area contributed by atoms with E-state index in [9.17, 15) is 4.39 Å². The molecule has 1 fully saturated rings. The van der Waals surface area contributed by atoms with Crippen molar-refractivity contribution in [1.29, 1.82) is 0 Å². The van der Waals surface area contributed by atoms with E-state index in [1.165, 1.54) is 51.0 Å². The van der Waals surface area contributed by atoms with Gasteiger partial charge in [0, 0.05) is 23.2 Å². The van der Waals surface area contributed by atoms with Crippen molar-refractivity contribution < 1.29 is 4.39 Å². The van der Waals surface area contributed by atoms with E-state index in [1.54, 1.807) is 12.1 Å². The Bertz CT molecular complexity index is 356. The van der Waals surface area contributed by atoms with E-state index in [0.29, 0.717) is 23.2 Å². The fourth-order valence-electron chi connectivity index (χ4n) is 2.61. The summed E-state index contributed by atoms with van der Waals surface area (Å²) < 4.78 is 13.6. The first kappa shape index (κ1) is 16.7. The minimum Gasteiger partial charge on any atom is -0.310 e. The molecule has 19 heavy (non-hydrogen) atoms. The molecule has 1 N–H and O–H groups in total. The second-order valence-corrected chi connectivity index (χ2v) is 5.53. The molecule has 0 amide bonds. The molecule has 0 atom stereocenters. The van der Waals surface area contributed by atoms with E-state index < -0.39 is 0 Å². The Morgan fingerprint density at radius 1 is 1.11 bits per heavy atom. The van der Waals surface area contributed by atoms with Crippen LogP contribution >= 0.6 is 24.0 Å². The third-order valence-electron chi connectivity index (χ3n) is 3.73. The minimum atomic E-state index is -0.208. The summed E-state index contributed by atoms with van der Waals surface area (Å²) in [5, 5.41) is 3.98. The fraction of sp³-hybridized carbons (Fsp3) is 0.600. The maximum atomic E-state index is 13.6. The van der Waals surface area contributed by atoms with Gasteiger partial charge in [-0.1, -0.05) is 49.8 Å². The van der Waals surface area contributed by atoms with Gasteiger partial charge in [0.15, 0.2) is 0 Å². The first-order valence-corrected chi connectivity index (χ1v) is 7.31. The highest BCUT2D eigenvalue weighted by molar-refractivity contribution is 6.31. The normalized spacial score (nSPS) is 17.4. The Hall–Kier alpha value is -0.310. The Kier molecular flexibility index (Phi) is 7.74. The van der Waals surface area contributed by atoms with Crippen LogP contribution in [0.4, 0.5) is 4.39 Å². The molecule has 4 heteroatoms. The molecule has 1 aliphatic carbocycles. The fourth-order valence-corrected chi connectivity index (χ4v) is 2.84. The van der Waals surface area contributed by atoms with Crippen molar-refractivity contribution in [2.24, 2.45) is 0 Å². The van der Waals surface area contributed by atoms with Crippen molar-refractivity contribution in [1.82, 2.24) is 5.32 Å². The summed E-state index contributed by atoms with van der Waals surface area (Å²) in [5.74, 6) is -0.208. The summed E-state index contributed by atoms with van der Waals surface area (Å²) in [5.41, 5.74) is 0.598. The zero-order valence-corrected chi connectivity index (χ0v) is 12.7. The maximum absolute atomic E-state index is 13.6. The Labute approximate surface area is 126 Å². The van der Waals surface area contributed by atoms with Crippen LogP contribution < -0.4 is 5.32 Å². The number of benzene rings is 1. The standard InChI is InChI=1S/C15H21ClFN.ClH/c16-14-9-6-10-15(17)13(14)11-18-12-7-4-2-1-3-5-8-12;/h6,9-10,12,18H,1-5,7-8,11H2;1H. The first-order valence-electron chi connectivity index (χ1n) is 6.93. The van der Waals surface area contributed by atoms with Crippen LogP contribution in [0, 0.1) is 5.82 Å². The molecule has 1 saturated carbocycles. The van der Waals surface area contributed by atoms with Gasteiger partial charge in [-0.25, -0.2) is 4.39 Å². The topological polar surface area (TPSA) is 12.0 Å². The van der Waals surface area contributed by atoms with Gasteiger partial charge in [-0.3, -0.25) is 0 Å². The maximum Gasteiger partial charge on any atom is 0.129 e. The van der Waals surface area contributed by atoms with Gasteiger partial charge in [0.25, 0.3) is 0 Å². The van der Waals surface area contributed by atoms with Crippen molar-refractivity contribution >= 4 is 24.0 Å². The van der Waals surface area contributed by atoms with Crippen LogP contribution in [0.2, 0.25) is 5.02 Å². The van der Waals surface area contributed by atoms with Crippen LogP contribution in [0.3, 0.4) is 0 Å². The van der Waals surface area contributed by atoms with Gasteiger partial charge in [0.1, 0.15) is 5.82 Å². The van der Waals surface area contributed by atoms with Crippen LogP contribution in [0.15, 0.2) is 18.2 Å². The predicted molar refractivity (Wildman–Crippen MR) is 81.6 cm³/mol. The van der Waals surface area contributed by atoms with E-state index in [-0.39, 0.29) is 18.2 Å². The monoisotopic (exact) mass is 305 g/mol. The van der Waals surface area contributed by atoms with Crippen LogP contribution in [0.25, 0.3) is 0 Å². The van der Waals surface area contributed by atoms with E-state index in [4.69, 9.17) is 11.6 Å². The van der Waals surface area contributed by atoms with Crippen molar-refractivity contribution in [2.75, 3.05) is 0 Å². The summed E-state index contributed by atoms with van der Waals surface area (Å²) >= 11 is 6.03. The van der Waals surface area contributed by atoms with Gasteiger partial charge in [-0.2, -0.15) is 0 Å². The third kappa shape index (κ3) is 5.29. The lowest BCUT2D eigenvalue weighted by Crippen LogP contribution is -2.29. The first-order chi connectivity index (χ1) is 8.77. The average Bonchev–Trinajstić information content (AvgIpc) is 2.30. The molecule has 0 aliphatic heterocycles. The Balaban J connectivity index is 0.00000180. The van der Waals surface area contributed by atoms with Gasteiger partial charge in [0.05, 0.1) is 0 Å². The molecule has 0 heterocycles. The highest BCUT2D eigenvalue weighted by Gasteiger charge is 2.13. The smallest absolute Gasteiger partial charge is 0.129 e. The van der Waals surface area contributed by atoms with Gasteiger partial charge in [-0.05, 0) is 25.0 Å². The largest absolute Gasteiger partial charge is 0.310 e. The Morgan fingerprint density at radius 2 is 1.74 bits per heavy atom. The molecule has 1 nitrogen and oxygen atoms in total. The lowest BCUT2D eigenvalue weighted by Gasteiger charge is -2.21. The van der Waals surface area contributed by atoms with Crippen LogP contribution in [-0.2, 0) is 6.54 Å². The van der Waals surface area contributed by atoms with Crippen molar-refractivity contribution in [3.8, 4) is 0 Å². The Morgan fingerprint density at radius 3 is 2.37 bits per heavy atom. The van der Waals surface area contributed by atoms with Gasteiger partial charge in [0.2, 0.25) is 0 Å². The summed E-state index contributed by atoms with van der Waals surface area (Å²) in [7, 11) is 0. The minimum absolute atomic E-state index is 0. The molecule has 0 spiro atoms. The molecule has 108 valence electrons. The molecular formula is C15H22Cl2FN. The van der Waals surface area contributed by atoms with Gasteiger partial charge in [-0.15, -0.1) is 12.4 Å². The summed E-state index contributed by atoms with van der Waals surface area (Å²) in [6.45, 7) is 0.538. The number of rotatable bonds is 3. The van der Waals surface area contributed by atoms with Crippen molar-refractivity contribution in [2.45, 2.75) is 57.5 Å². The lowest BCUT2D eigenvalue weighted by molar-refractivity contribution is 0.386. The van der Waals surface area contributed by atoms with Crippen molar-refractivity contribution in [3.05, 3.63) is 34.6 Å². The van der Waals surface area contributed by atoms with E-state index in [1.807, 2.05) is 0 Å². The highest BCUT2D eigenvalue weighted by atomic mass is 35.5. The number of hydrogen-bond donors (Lipinski definition) is 1. The van der Waals surface area contributed by atoms with E-state index in [2.05, 4.69) is 5.32 Å². The molecule has 1 aliphatic rings. The molecule has 2 rings (SSSR count). The van der Waals surface area contributed by atoms with Crippen molar-refractivity contribution in [3.63, 3.8) is 0 Å². The van der Waals surface area contributed by atoms with E-state index in [0.717, 1.165) is 0 Å². The lowest BCUT2D eigenvalue weighted by atomic mass is 9.96. The molecule has 1 aromatic carbocycles. The molecule has 0 unspecified atom stereocenters. The number of halogens is 3. The summed E-state index contributed by atoms with van der Waals surface area (Å²) in [6, 6.07) is 5.39.